The molecular formula is C74H78N2O7. The fourth-order valence-electron chi connectivity index (χ4n) is 11.4. The van der Waals surface area contributed by atoms with E-state index in [4.69, 9.17) is 14.2 Å². The zero-order chi connectivity index (χ0) is 57.6. The van der Waals surface area contributed by atoms with Crippen LogP contribution in [0.25, 0.3) is 0 Å². The lowest BCUT2D eigenvalue weighted by Crippen LogP contribution is -2.50. The van der Waals surface area contributed by atoms with Gasteiger partial charge < -0.3 is 24.0 Å². The molecule has 2 heterocycles. The topological polar surface area (TPSA) is 102 Å². The van der Waals surface area contributed by atoms with E-state index in [1.807, 2.05) is 86.6 Å². The van der Waals surface area contributed by atoms with Gasteiger partial charge in [0.1, 0.15) is 35.8 Å². The van der Waals surface area contributed by atoms with Crippen molar-refractivity contribution in [2.24, 2.45) is 0 Å². The molecule has 0 fully saturated rings. The lowest BCUT2D eigenvalue weighted by molar-refractivity contribution is -0.156. The maximum absolute atomic E-state index is 14.5. The number of hydrogen-bond acceptors (Lipinski definition) is 7. The number of amides is 2. The molecule has 0 aromatic heterocycles. The Hall–Kier alpha value is -8.56. The Morgan fingerprint density at radius 3 is 0.952 bits per heavy atom. The number of carbonyl (C=O) groups excluding carboxylic acids is 4. The molecule has 2 amide bonds. The van der Waals surface area contributed by atoms with E-state index in [0.717, 1.165) is 99.3 Å². The zero-order valence-electron chi connectivity index (χ0n) is 48.2. The molecule has 0 aliphatic carbocycles. The van der Waals surface area contributed by atoms with E-state index in [-0.39, 0.29) is 49.1 Å². The van der Waals surface area contributed by atoms with Crippen molar-refractivity contribution in [1.82, 2.24) is 9.80 Å². The highest BCUT2D eigenvalue weighted by Crippen LogP contribution is 2.31. The molecule has 9 nitrogen and oxygen atoms in total. The largest absolute Gasteiger partial charge is 0.461 e. The number of carbonyl (C=O) groups is 4. The van der Waals surface area contributed by atoms with Crippen LogP contribution in [0.15, 0.2) is 218 Å². The van der Waals surface area contributed by atoms with Gasteiger partial charge in [-0.3, -0.25) is 9.59 Å². The molecule has 8 aromatic carbocycles. The van der Waals surface area contributed by atoms with Crippen LogP contribution in [-0.4, -0.2) is 57.8 Å². The molecule has 2 aliphatic heterocycles. The van der Waals surface area contributed by atoms with Crippen LogP contribution in [0, 0.1) is 0 Å². The van der Waals surface area contributed by atoms with E-state index < -0.39 is 12.1 Å². The lowest BCUT2D eigenvalue weighted by atomic mass is 9.93. The first kappa shape index (κ1) is 59.1. The second kappa shape index (κ2) is 30.5. The van der Waals surface area contributed by atoms with Crippen LogP contribution in [0.3, 0.4) is 0 Å². The van der Waals surface area contributed by atoms with E-state index in [1.54, 1.807) is 58.3 Å². The van der Waals surface area contributed by atoms with E-state index in [0.29, 0.717) is 35.5 Å². The Morgan fingerprint density at radius 1 is 0.373 bits per heavy atom. The third-order valence-corrected chi connectivity index (χ3v) is 15.9. The highest BCUT2D eigenvalue weighted by atomic mass is 16.5. The van der Waals surface area contributed by atoms with Gasteiger partial charge in [-0.15, -0.1) is 0 Å². The summed E-state index contributed by atoms with van der Waals surface area (Å²) in [6.45, 7) is 4.56. The van der Waals surface area contributed by atoms with Crippen LogP contribution in [0.5, 0.6) is 11.5 Å². The number of esters is 2. The van der Waals surface area contributed by atoms with Gasteiger partial charge in [0.25, 0.3) is 11.8 Å². The summed E-state index contributed by atoms with van der Waals surface area (Å²) in [6, 6.07) is 69.7. The molecule has 0 N–H and O–H groups in total. The maximum atomic E-state index is 14.5. The van der Waals surface area contributed by atoms with E-state index in [9.17, 15) is 19.2 Å². The molecule has 0 spiro atoms. The fraction of sp³-hybridized carbons (Fsp3) is 0.297. The molecule has 8 aromatic rings. The molecule has 1 unspecified atom stereocenters. The summed E-state index contributed by atoms with van der Waals surface area (Å²) in [5.74, 6) is -0.305. The average molecular weight is 1110 g/mol. The SMILES string of the molecule is CC.O=C(OC(CCCc1ccccc1)CCCc1ccccc1)C1Cc2ccccc2CN1C(=O)c1ccc(Oc2ccc(C(=O)N3Cc4ccccc4C[C@H]3C(=O)OC(CCCc3ccccc3)CCCc3ccccc3)cc2)cc1. The Labute approximate surface area is 491 Å². The lowest BCUT2D eigenvalue weighted by Gasteiger charge is -2.36. The number of benzene rings is 8. The average Bonchev–Trinajstić information content (AvgIpc) is 3.70. The highest BCUT2D eigenvalue weighted by molar-refractivity contribution is 5.98. The van der Waals surface area contributed by atoms with Crippen molar-refractivity contribution in [3.8, 4) is 11.5 Å². The van der Waals surface area contributed by atoms with Crippen molar-refractivity contribution in [2.75, 3.05) is 0 Å². The van der Waals surface area contributed by atoms with Crippen molar-refractivity contribution in [1.29, 1.82) is 0 Å². The van der Waals surface area contributed by atoms with E-state index in [1.165, 1.54) is 22.3 Å². The van der Waals surface area contributed by atoms with E-state index in [2.05, 4.69) is 97.1 Å². The Morgan fingerprint density at radius 2 is 0.651 bits per heavy atom. The van der Waals surface area contributed by atoms with Gasteiger partial charge in [0, 0.05) is 37.1 Å². The molecule has 2 aliphatic rings. The normalized spacial score (nSPS) is 14.4. The van der Waals surface area contributed by atoms with Crippen LogP contribution in [-0.2, 0) is 70.7 Å². The third kappa shape index (κ3) is 16.8. The summed E-state index contributed by atoms with van der Waals surface area (Å²) in [6.07, 6.45) is 10.1. The predicted octanol–water partition coefficient (Wildman–Crippen LogP) is 15.6. The van der Waals surface area contributed by atoms with E-state index >= 15 is 0 Å². The molecule has 0 bridgehead atoms. The third-order valence-electron chi connectivity index (χ3n) is 15.9. The van der Waals surface area contributed by atoms with Crippen LogP contribution in [0.4, 0.5) is 0 Å². The van der Waals surface area contributed by atoms with Gasteiger partial charge in [-0.05, 0) is 170 Å². The van der Waals surface area contributed by atoms with Gasteiger partial charge in [-0.1, -0.05) is 184 Å². The maximum Gasteiger partial charge on any atom is 0.329 e. The van der Waals surface area contributed by atoms with Crippen molar-refractivity contribution < 1.29 is 33.4 Å². The first-order valence-corrected chi connectivity index (χ1v) is 30.0. The number of aryl methyl sites for hydroxylation is 4. The smallest absolute Gasteiger partial charge is 0.329 e. The number of fused-ring (bicyclic) bond motifs is 2. The molecule has 2 atom stereocenters. The minimum absolute atomic E-state index is 0.269. The molecule has 10 rings (SSSR count). The summed E-state index contributed by atoms with van der Waals surface area (Å²) in [5, 5.41) is 0. The van der Waals surface area contributed by atoms with Gasteiger partial charge in [0.15, 0.2) is 0 Å². The molecule has 0 saturated heterocycles. The summed E-state index contributed by atoms with van der Waals surface area (Å²) < 4.78 is 19.1. The first-order chi connectivity index (χ1) is 40.8. The second-order valence-electron chi connectivity index (χ2n) is 21.6. The van der Waals surface area contributed by atoms with Gasteiger partial charge in [0.05, 0.1) is 0 Å². The number of rotatable bonds is 24. The minimum atomic E-state index is -0.793. The summed E-state index contributed by atoms with van der Waals surface area (Å²) in [7, 11) is 0. The predicted molar refractivity (Wildman–Crippen MR) is 329 cm³/mol. The highest BCUT2D eigenvalue weighted by Gasteiger charge is 2.39. The molecule has 0 saturated carbocycles. The van der Waals surface area contributed by atoms with Crippen LogP contribution >= 0.6 is 0 Å². The quantitative estimate of drug-likeness (QED) is 0.0555. The van der Waals surface area contributed by atoms with Crippen LogP contribution in [0.2, 0.25) is 0 Å². The number of ether oxygens (including phenoxy) is 3. The van der Waals surface area contributed by atoms with Gasteiger partial charge in [-0.2, -0.15) is 0 Å². The molecule has 9 heteroatoms. The van der Waals surface area contributed by atoms with Crippen molar-refractivity contribution >= 4 is 23.8 Å². The Bertz CT molecular complexity index is 2980. The monoisotopic (exact) mass is 1110 g/mol. The zero-order valence-corrected chi connectivity index (χ0v) is 48.2. The Kier molecular flexibility index (Phi) is 21.7. The molecular weight excluding hydrogens is 1030 g/mol. The first-order valence-electron chi connectivity index (χ1n) is 30.0. The van der Waals surface area contributed by atoms with Crippen molar-refractivity contribution in [2.45, 2.75) is 141 Å². The standard InChI is InChI=1S/C72H72N2O7.C2H6/c75-69(73-51-61-35-15-13-33-59(61)49-67(73)71(77)80-63(37-17-29-53-21-5-1-6-22-53)38-18-30-54-23-7-2-8-24-54)57-41-45-65(46-42-57)79-66-47-43-58(44-48-66)70(76)74-52-62-36-16-14-34-60(62)50-68(74)72(78)81-64(39-19-31-55-25-9-3-10-26-55)40-20-32-56-27-11-4-12-28-56;1-2/h1-16,21-28,33-36,41-48,63-64,67-68H,17-20,29-32,37-40,49-52H2;1-2H3/t67-,68?;/m0./s1. The van der Waals surface area contributed by atoms with Crippen LogP contribution < -0.4 is 4.74 Å². The summed E-state index contributed by atoms with van der Waals surface area (Å²) >= 11 is 0. The minimum Gasteiger partial charge on any atom is -0.461 e. The summed E-state index contributed by atoms with van der Waals surface area (Å²) in [4.78, 5) is 61.3. The van der Waals surface area contributed by atoms with Gasteiger partial charge >= 0.3 is 11.9 Å². The molecule has 83 heavy (non-hydrogen) atoms. The Balaban J connectivity index is 0.00000410. The molecule has 0 radical (unpaired) electrons. The van der Waals surface area contributed by atoms with Gasteiger partial charge in [0.2, 0.25) is 0 Å². The van der Waals surface area contributed by atoms with Crippen molar-refractivity contribution in [3.63, 3.8) is 0 Å². The second-order valence-corrected chi connectivity index (χ2v) is 21.6. The number of nitrogens with zero attached hydrogens (tertiary/aromatic N) is 2. The molecule has 426 valence electrons. The summed E-state index contributed by atoms with van der Waals surface area (Å²) in [5.41, 5.74) is 9.93. The van der Waals surface area contributed by atoms with Crippen molar-refractivity contribution in [3.05, 3.63) is 274 Å². The van der Waals surface area contributed by atoms with Gasteiger partial charge in [-0.25, -0.2) is 9.59 Å². The number of hydrogen-bond donors (Lipinski definition) is 0. The fourth-order valence-corrected chi connectivity index (χ4v) is 11.4. The van der Waals surface area contributed by atoms with Crippen LogP contribution in [0.1, 0.15) is 130 Å².